The first kappa shape index (κ1) is 13.5. The Morgan fingerprint density at radius 1 is 1.32 bits per heavy atom. The zero-order valence-corrected chi connectivity index (χ0v) is 10.9. The number of hydrogen-bond acceptors (Lipinski definition) is 5. The van der Waals surface area contributed by atoms with Crippen LogP contribution in [0.5, 0.6) is 11.5 Å². The molecule has 0 aromatic heterocycles. The fourth-order valence-corrected chi connectivity index (χ4v) is 1.71. The second kappa shape index (κ2) is 6.84. The Balaban J connectivity index is 1.69. The van der Waals surface area contributed by atoms with Gasteiger partial charge < -0.3 is 24.8 Å². The van der Waals surface area contributed by atoms with Crippen LogP contribution in [0.1, 0.15) is 6.42 Å². The number of methoxy groups -OCH3 is 1. The molecular weight excluding hydrogens is 248 g/mol. The molecule has 0 aliphatic carbocycles. The van der Waals surface area contributed by atoms with Gasteiger partial charge in [0.1, 0.15) is 0 Å². The van der Waals surface area contributed by atoms with E-state index in [4.69, 9.17) is 14.2 Å². The van der Waals surface area contributed by atoms with Crippen LogP contribution >= 0.6 is 0 Å². The molecule has 1 amide bonds. The van der Waals surface area contributed by atoms with E-state index < -0.39 is 0 Å². The topological polar surface area (TPSA) is 68.8 Å². The summed E-state index contributed by atoms with van der Waals surface area (Å²) in [5.41, 5.74) is 0.911. The van der Waals surface area contributed by atoms with E-state index in [0.29, 0.717) is 26.1 Å². The van der Waals surface area contributed by atoms with Gasteiger partial charge in [-0.25, -0.2) is 0 Å². The van der Waals surface area contributed by atoms with Gasteiger partial charge in [0.25, 0.3) is 0 Å². The highest BCUT2D eigenvalue weighted by molar-refractivity contribution is 5.76. The van der Waals surface area contributed by atoms with Crippen molar-refractivity contribution in [2.45, 2.75) is 6.42 Å². The summed E-state index contributed by atoms with van der Waals surface area (Å²) in [7, 11) is 1.60. The molecule has 2 N–H and O–H groups in total. The molecule has 2 rings (SSSR count). The number of hydrogen-bond donors (Lipinski definition) is 2. The van der Waals surface area contributed by atoms with Crippen molar-refractivity contribution in [3.05, 3.63) is 18.2 Å². The van der Waals surface area contributed by atoms with E-state index in [1.807, 2.05) is 18.2 Å². The monoisotopic (exact) mass is 266 g/mol. The van der Waals surface area contributed by atoms with Crippen LogP contribution in [0.25, 0.3) is 0 Å². The lowest BCUT2D eigenvalue weighted by Gasteiger charge is -2.07. The summed E-state index contributed by atoms with van der Waals surface area (Å²) in [5.74, 6) is 1.49. The van der Waals surface area contributed by atoms with E-state index in [0.717, 1.165) is 17.2 Å². The summed E-state index contributed by atoms with van der Waals surface area (Å²) in [5, 5.41) is 5.93. The van der Waals surface area contributed by atoms with Crippen molar-refractivity contribution >= 4 is 11.6 Å². The molecule has 0 atom stereocenters. The van der Waals surface area contributed by atoms with Gasteiger partial charge in [0.2, 0.25) is 12.7 Å². The Hall–Kier alpha value is -1.95. The van der Waals surface area contributed by atoms with Crippen LogP contribution < -0.4 is 20.1 Å². The van der Waals surface area contributed by atoms with E-state index in [1.54, 1.807) is 7.11 Å². The molecule has 0 saturated carbocycles. The molecule has 1 aliphatic heterocycles. The average molecular weight is 266 g/mol. The van der Waals surface area contributed by atoms with Gasteiger partial charge in [-0.15, -0.1) is 0 Å². The van der Waals surface area contributed by atoms with Crippen LogP contribution in [0.15, 0.2) is 18.2 Å². The van der Waals surface area contributed by atoms with Crippen LogP contribution in [0.2, 0.25) is 0 Å². The maximum Gasteiger partial charge on any atom is 0.231 e. The van der Waals surface area contributed by atoms with E-state index >= 15 is 0 Å². The van der Waals surface area contributed by atoms with Gasteiger partial charge in [-0.2, -0.15) is 0 Å². The van der Waals surface area contributed by atoms with Crippen molar-refractivity contribution < 1.29 is 19.0 Å². The molecule has 1 heterocycles. The minimum absolute atomic E-state index is 0.00490. The highest BCUT2D eigenvalue weighted by atomic mass is 16.7. The van der Waals surface area contributed by atoms with Crippen molar-refractivity contribution in [2.24, 2.45) is 0 Å². The lowest BCUT2D eigenvalue weighted by Crippen LogP contribution is -2.28. The molecule has 6 heteroatoms. The van der Waals surface area contributed by atoms with Crippen LogP contribution in [0, 0.1) is 0 Å². The fourth-order valence-electron chi connectivity index (χ4n) is 1.71. The van der Waals surface area contributed by atoms with Crippen LogP contribution in [0.3, 0.4) is 0 Å². The minimum atomic E-state index is 0.00490. The van der Waals surface area contributed by atoms with Gasteiger partial charge in [-0.05, 0) is 12.1 Å². The maximum atomic E-state index is 11.4. The number of anilines is 1. The second-order valence-electron chi connectivity index (χ2n) is 4.09. The third kappa shape index (κ3) is 4.03. The molecule has 0 radical (unpaired) electrons. The summed E-state index contributed by atoms with van der Waals surface area (Å²) in [6.07, 6.45) is 0.415. The van der Waals surface area contributed by atoms with Crippen molar-refractivity contribution in [1.29, 1.82) is 0 Å². The number of carbonyl (C=O) groups excluding carboxylic acids is 1. The Kier molecular flexibility index (Phi) is 4.85. The van der Waals surface area contributed by atoms with Gasteiger partial charge in [0, 0.05) is 38.4 Å². The van der Waals surface area contributed by atoms with Crippen LogP contribution in [0.4, 0.5) is 5.69 Å². The van der Waals surface area contributed by atoms with E-state index in [9.17, 15) is 4.79 Å². The largest absolute Gasteiger partial charge is 0.454 e. The predicted molar refractivity (Wildman–Crippen MR) is 70.6 cm³/mol. The quantitative estimate of drug-likeness (QED) is 0.720. The molecule has 0 saturated heterocycles. The van der Waals surface area contributed by atoms with Crippen molar-refractivity contribution in [1.82, 2.24) is 5.32 Å². The summed E-state index contributed by atoms with van der Waals surface area (Å²) in [6.45, 7) is 1.90. The number of amides is 1. The van der Waals surface area contributed by atoms with Gasteiger partial charge in [-0.3, -0.25) is 4.79 Å². The third-order valence-electron chi connectivity index (χ3n) is 2.68. The number of rotatable bonds is 7. The standard InChI is InChI=1S/C13H18N2O4/c1-17-7-6-15-13(16)4-5-14-10-2-3-11-12(8-10)19-9-18-11/h2-3,8,14H,4-7,9H2,1H3,(H,15,16). The molecule has 104 valence electrons. The first-order chi connectivity index (χ1) is 9.29. The lowest BCUT2D eigenvalue weighted by molar-refractivity contribution is -0.121. The number of benzene rings is 1. The Labute approximate surface area is 112 Å². The Morgan fingerprint density at radius 2 is 2.16 bits per heavy atom. The highest BCUT2D eigenvalue weighted by Crippen LogP contribution is 2.34. The molecule has 1 aromatic carbocycles. The molecule has 0 fully saturated rings. The van der Waals surface area contributed by atoms with Gasteiger partial charge >= 0.3 is 0 Å². The Morgan fingerprint density at radius 3 is 3.00 bits per heavy atom. The summed E-state index contributed by atoms with van der Waals surface area (Å²) in [4.78, 5) is 11.4. The van der Waals surface area contributed by atoms with E-state index in [-0.39, 0.29) is 12.7 Å². The van der Waals surface area contributed by atoms with Crippen molar-refractivity contribution in [2.75, 3.05) is 38.9 Å². The van der Waals surface area contributed by atoms with Gasteiger partial charge in [-0.1, -0.05) is 0 Å². The molecule has 0 bridgehead atoms. The van der Waals surface area contributed by atoms with Crippen molar-refractivity contribution in [3.63, 3.8) is 0 Å². The first-order valence-electron chi connectivity index (χ1n) is 6.19. The van der Waals surface area contributed by atoms with Gasteiger partial charge in [0.15, 0.2) is 11.5 Å². The second-order valence-corrected chi connectivity index (χ2v) is 4.09. The molecule has 19 heavy (non-hydrogen) atoms. The minimum Gasteiger partial charge on any atom is -0.454 e. The smallest absolute Gasteiger partial charge is 0.231 e. The maximum absolute atomic E-state index is 11.4. The predicted octanol–water partition coefficient (Wildman–Crippen LogP) is 0.980. The number of ether oxygens (including phenoxy) is 3. The van der Waals surface area contributed by atoms with Crippen LogP contribution in [-0.4, -0.2) is 39.5 Å². The summed E-state index contributed by atoms with van der Waals surface area (Å²) in [6, 6.07) is 5.62. The number of nitrogens with one attached hydrogen (secondary N) is 2. The van der Waals surface area contributed by atoms with Crippen LogP contribution in [-0.2, 0) is 9.53 Å². The summed E-state index contributed by atoms with van der Waals surface area (Å²) < 4.78 is 15.4. The van der Waals surface area contributed by atoms with Crippen molar-refractivity contribution in [3.8, 4) is 11.5 Å². The molecule has 6 nitrogen and oxygen atoms in total. The van der Waals surface area contributed by atoms with E-state index in [2.05, 4.69) is 10.6 Å². The molecular formula is C13H18N2O4. The highest BCUT2D eigenvalue weighted by Gasteiger charge is 2.12. The molecule has 1 aliphatic rings. The number of carbonyl (C=O) groups is 1. The normalized spacial score (nSPS) is 12.3. The Bertz CT molecular complexity index is 437. The lowest BCUT2D eigenvalue weighted by atomic mass is 10.2. The van der Waals surface area contributed by atoms with E-state index in [1.165, 1.54) is 0 Å². The first-order valence-corrected chi connectivity index (χ1v) is 6.19. The van der Waals surface area contributed by atoms with Gasteiger partial charge in [0.05, 0.1) is 6.61 Å². The zero-order valence-electron chi connectivity index (χ0n) is 10.9. The molecule has 0 spiro atoms. The zero-order chi connectivity index (χ0) is 13.5. The average Bonchev–Trinajstić information content (AvgIpc) is 2.86. The fraction of sp³-hybridized carbons (Fsp3) is 0.462. The third-order valence-corrected chi connectivity index (χ3v) is 2.68. The SMILES string of the molecule is COCCNC(=O)CCNc1ccc2c(c1)OCO2. The molecule has 1 aromatic rings. The molecule has 0 unspecified atom stereocenters. The number of fused-ring (bicyclic) bond motifs is 1. The summed E-state index contributed by atoms with van der Waals surface area (Å²) >= 11 is 0.